The number of rotatable bonds is 7. The van der Waals surface area contributed by atoms with E-state index in [2.05, 4.69) is 5.32 Å². The number of hydrogen-bond acceptors (Lipinski definition) is 5. The second-order valence-corrected chi connectivity index (χ2v) is 7.68. The molecule has 0 fully saturated rings. The van der Waals surface area contributed by atoms with Gasteiger partial charge in [0, 0.05) is 5.69 Å². The van der Waals surface area contributed by atoms with Gasteiger partial charge in [-0.2, -0.15) is 0 Å². The van der Waals surface area contributed by atoms with Crippen LogP contribution in [0, 0.1) is 0 Å². The van der Waals surface area contributed by atoms with E-state index in [-0.39, 0.29) is 10.7 Å². The van der Waals surface area contributed by atoms with E-state index in [9.17, 15) is 13.2 Å². The van der Waals surface area contributed by atoms with Crippen LogP contribution >= 0.6 is 11.6 Å². The van der Waals surface area contributed by atoms with Gasteiger partial charge in [0.05, 0.1) is 31.2 Å². The first-order valence-corrected chi connectivity index (χ1v) is 9.72. The lowest BCUT2D eigenvalue weighted by Gasteiger charge is -2.22. The van der Waals surface area contributed by atoms with Gasteiger partial charge in [-0.05, 0) is 42.5 Å². The van der Waals surface area contributed by atoms with Crippen LogP contribution in [0.2, 0.25) is 5.02 Å². The quantitative estimate of drug-likeness (QED) is 0.775. The summed E-state index contributed by atoms with van der Waals surface area (Å²) in [5.74, 6) is 0.563. The molecule has 0 aliphatic carbocycles. The van der Waals surface area contributed by atoms with Crippen molar-refractivity contribution < 1.29 is 22.7 Å². The molecule has 140 valence electrons. The van der Waals surface area contributed by atoms with Gasteiger partial charge < -0.3 is 14.8 Å². The summed E-state index contributed by atoms with van der Waals surface area (Å²) in [6.45, 7) is -0.395. The molecule has 0 atom stereocenters. The first-order valence-electron chi connectivity index (χ1n) is 7.49. The largest absolute Gasteiger partial charge is 0.497 e. The highest BCUT2D eigenvalue weighted by Crippen LogP contribution is 2.30. The molecule has 1 N–H and O–H groups in total. The van der Waals surface area contributed by atoms with Gasteiger partial charge in [0.25, 0.3) is 0 Å². The van der Waals surface area contributed by atoms with E-state index < -0.39 is 22.5 Å². The van der Waals surface area contributed by atoms with Crippen LogP contribution < -0.4 is 19.1 Å². The molecule has 2 aromatic rings. The fourth-order valence-corrected chi connectivity index (χ4v) is 3.32. The zero-order chi connectivity index (χ0) is 19.3. The minimum atomic E-state index is -3.70. The number of halogens is 1. The highest BCUT2D eigenvalue weighted by molar-refractivity contribution is 7.92. The Labute approximate surface area is 157 Å². The van der Waals surface area contributed by atoms with E-state index in [0.29, 0.717) is 17.2 Å². The molecule has 1 amide bonds. The van der Waals surface area contributed by atoms with Gasteiger partial charge >= 0.3 is 0 Å². The van der Waals surface area contributed by atoms with Crippen molar-refractivity contribution in [1.82, 2.24) is 0 Å². The van der Waals surface area contributed by atoms with Crippen LogP contribution in [0.25, 0.3) is 0 Å². The normalized spacial score (nSPS) is 10.9. The molecule has 0 bridgehead atoms. The lowest BCUT2D eigenvalue weighted by molar-refractivity contribution is -0.114. The summed E-state index contributed by atoms with van der Waals surface area (Å²) in [5.41, 5.74) is 0.792. The van der Waals surface area contributed by atoms with Crippen molar-refractivity contribution in [3.63, 3.8) is 0 Å². The highest BCUT2D eigenvalue weighted by atomic mass is 35.5. The fraction of sp³-hybridized carbons (Fsp3) is 0.235. The second-order valence-electron chi connectivity index (χ2n) is 5.37. The standard InChI is InChI=1S/C17H19ClN2O5S/c1-24-14-7-4-12(5-8-14)19-17(21)11-20(26(3,22)23)13-6-9-16(25-2)15(18)10-13/h4-10H,11H2,1-3H3,(H,19,21). The van der Waals surface area contributed by atoms with Crippen LogP contribution in [0.1, 0.15) is 0 Å². The number of ether oxygens (including phenoxy) is 2. The van der Waals surface area contributed by atoms with Gasteiger partial charge in [0.2, 0.25) is 15.9 Å². The summed E-state index contributed by atoms with van der Waals surface area (Å²) < 4.78 is 35.3. The molecule has 26 heavy (non-hydrogen) atoms. The molecule has 7 nitrogen and oxygen atoms in total. The summed E-state index contributed by atoms with van der Waals surface area (Å²) in [6, 6.07) is 11.2. The molecule has 0 spiro atoms. The third-order valence-corrected chi connectivity index (χ3v) is 4.92. The summed E-state index contributed by atoms with van der Waals surface area (Å²) in [4.78, 5) is 12.3. The number of anilines is 2. The number of hydrogen-bond donors (Lipinski definition) is 1. The van der Waals surface area contributed by atoms with Crippen LogP contribution in [-0.2, 0) is 14.8 Å². The molecule has 0 saturated carbocycles. The molecule has 2 aromatic carbocycles. The number of benzene rings is 2. The summed E-state index contributed by atoms with van der Waals surface area (Å²) in [6.07, 6.45) is 1.02. The number of nitrogens with one attached hydrogen (secondary N) is 1. The van der Waals surface area contributed by atoms with Crippen molar-refractivity contribution in [3.05, 3.63) is 47.5 Å². The van der Waals surface area contributed by atoms with Crippen molar-refractivity contribution in [2.45, 2.75) is 0 Å². The van der Waals surface area contributed by atoms with Gasteiger partial charge in [0.1, 0.15) is 18.0 Å². The molecule has 0 aliphatic heterocycles. The van der Waals surface area contributed by atoms with Gasteiger partial charge in [-0.15, -0.1) is 0 Å². The highest BCUT2D eigenvalue weighted by Gasteiger charge is 2.22. The lowest BCUT2D eigenvalue weighted by atomic mass is 10.3. The van der Waals surface area contributed by atoms with Gasteiger partial charge in [-0.3, -0.25) is 9.10 Å². The summed E-state index contributed by atoms with van der Waals surface area (Å²) >= 11 is 6.06. The zero-order valence-corrected chi connectivity index (χ0v) is 16.1. The van der Waals surface area contributed by atoms with Crippen molar-refractivity contribution in [2.24, 2.45) is 0 Å². The van der Waals surface area contributed by atoms with Gasteiger partial charge in [0.15, 0.2) is 0 Å². The third-order valence-electron chi connectivity index (χ3n) is 3.48. The molecule has 0 heterocycles. The van der Waals surface area contributed by atoms with Crippen LogP contribution in [0.5, 0.6) is 11.5 Å². The molecule has 2 rings (SSSR count). The Morgan fingerprint density at radius 3 is 2.27 bits per heavy atom. The molecular formula is C17H19ClN2O5S. The fourth-order valence-electron chi connectivity index (χ4n) is 2.22. The molecule has 0 radical (unpaired) electrons. The van der Waals surface area contributed by atoms with Crippen LogP contribution in [0.3, 0.4) is 0 Å². The van der Waals surface area contributed by atoms with Crippen molar-refractivity contribution in [2.75, 3.05) is 36.6 Å². The minimum Gasteiger partial charge on any atom is -0.497 e. The van der Waals surface area contributed by atoms with Crippen molar-refractivity contribution in [3.8, 4) is 11.5 Å². The van der Waals surface area contributed by atoms with Gasteiger partial charge in [-0.25, -0.2) is 8.42 Å². The maximum atomic E-state index is 12.3. The first-order chi connectivity index (χ1) is 12.2. The zero-order valence-electron chi connectivity index (χ0n) is 14.5. The maximum absolute atomic E-state index is 12.3. The second kappa shape index (κ2) is 8.29. The Morgan fingerprint density at radius 1 is 1.12 bits per heavy atom. The number of sulfonamides is 1. The van der Waals surface area contributed by atoms with E-state index >= 15 is 0 Å². The van der Waals surface area contributed by atoms with E-state index in [1.165, 1.54) is 32.4 Å². The number of carbonyl (C=O) groups excluding carboxylic acids is 1. The van der Waals surface area contributed by atoms with E-state index in [0.717, 1.165) is 10.6 Å². The van der Waals surface area contributed by atoms with E-state index in [1.54, 1.807) is 24.3 Å². The number of carbonyl (C=O) groups is 1. The lowest BCUT2D eigenvalue weighted by Crippen LogP contribution is -2.37. The Balaban J connectivity index is 2.19. The van der Waals surface area contributed by atoms with Crippen LogP contribution in [0.15, 0.2) is 42.5 Å². The Morgan fingerprint density at radius 2 is 1.77 bits per heavy atom. The molecule has 0 unspecified atom stereocenters. The predicted molar refractivity (Wildman–Crippen MR) is 102 cm³/mol. The molecule has 0 aromatic heterocycles. The van der Waals surface area contributed by atoms with Crippen molar-refractivity contribution in [1.29, 1.82) is 0 Å². The summed E-state index contributed by atoms with van der Waals surface area (Å²) in [5, 5.41) is 2.89. The monoisotopic (exact) mass is 398 g/mol. The van der Waals surface area contributed by atoms with Crippen LogP contribution in [0.4, 0.5) is 11.4 Å². The van der Waals surface area contributed by atoms with Crippen molar-refractivity contribution >= 4 is 38.9 Å². The van der Waals surface area contributed by atoms with Crippen LogP contribution in [-0.4, -0.2) is 41.3 Å². The maximum Gasteiger partial charge on any atom is 0.245 e. The first kappa shape index (κ1) is 19.9. The third kappa shape index (κ3) is 5.03. The molecule has 0 saturated heterocycles. The number of methoxy groups -OCH3 is 2. The predicted octanol–water partition coefficient (Wildman–Crippen LogP) is 2.76. The molecule has 0 aliphatic rings. The average Bonchev–Trinajstić information content (AvgIpc) is 2.59. The number of amides is 1. The Hall–Kier alpha value is -2.45. The topological polar surface area (TPSA) is 84.9 Å². The average molecular weight is 399 g/mol. The molecular weight excluding hydrogens is 380 g/mol. The van der Waals surface area contributed by atoms with E-state index in [1.807, 2.05) is 0 Å². The Kier molecular flexibility index (Phi) is 6.33. The smallest absolute Gasteiger partial charge is 0.245 e. The minimum absolute atomic E-state index is 0.245. The summed E-state index contributed by atoms with van der Waals surface area (Å²) in [7, 11) is -0.704. The van der Waals surface area contributed by atoms with E-state index in [4.69, 9.17) is 21.1 Å². The van der Waals surface area contributed by atoms with Gasteiger partial charge in [-0.1, -0.05) is 11.6 Å². The SMILES string of the molecule is COc1ccc(NC(=O)CN(c2ccc(OC)c(Cl)c2)S(C)(=O)=O)cc1. The number of nitrogens with zero attached hydrogens (tertiary/aromatic N) is 1. The Bertz CT molecular complexity index is 885. The molecule has 9 heteroatoms.